The molecule has 0 aromatic carbocycles. The zero-order chi connectivity index (χ0) is 21.2. The normalized spacial score (nSPS) is 10.6. The number of aliphatic hydroxyl groups is 3. The molecule has 168 valence electrons. The Morgan fingerprint density at radius 3 is 1.30 bits per heavy atom. The first-order valence-corrected chi connectivity index (χ1v) is 10.7. The van der Waals surface area contributed by atoms with Crippen LogP contribution < -0.4 is 5.64 Å². The van der Waals surface area contributed by atoms with Crippen LogP contribution in [0.2, 0.25) is 0 Å². The number of hydrogen-bond acceptors (Lipinski definition) is 8. The highest BCUT2D eigenvalue weighted by Gasteiger charge is 1.91. The van der Waals surface area contributed by atoms with Gasteiger partial charge in [-0.3, -0.25) is 18.8 Å². The third kappa shape index (κ3) is 58.6. The highest BCUT2D eigenvalue weighted by Crippen LogP contribution is 2.09. The molecule has 11 heteroatoms. The van der Waals surface area contributed by atoms with Gasteiger partial charge in [-0.1, -0.05) is 70.4 Å². The molecule has 0 aliphatic rings. The van der Waals surface area contributed by atoms with Crippen molar-refractivity contribution in [3.05, 3.63) is 0 Å². The average molecular weight is 422 g/mol. The Hall–Kier alpha value is -0.370. The van der Waals surface area contributed by atoms with Crippen LogP contribution in [0, 0.1) is 0 Å². The van der Waals surface area contributed by atoms with Crippen molar-refractivity contribution in [1.82, 2.24) is 5.64 Å². The van der Waals surface area contributed by atoms with Crippen LogP contribution >= 0.6 is 0 Å². The average Bonchev–Trinajstić information content (AvgIpc) is 2.59. The van der Waals surface area contributed by atoms with Crippen molar-refractivity contribution >= 4 is 10.4 Å². The number of hydrogen-bond donors (Lipinski definition) is 6. The van der Waals surface area contributed by atoms with Crippen molar-refractivity contribution < 1.29 is 42.5 Å². The van der Waals surface area contributed by atoms with Gasteiger partial charge in [0.15, 0.2) is 0 Å². The van der Waals surface area contributed by atoms with Crippen LogP contribution in [0.15, 0.2) is 0 Å². The minimum atomic E-state index is -4.67. The second-order valence-corrected chi connectivity index (χ2v) is 6.48. The van der Waals surface area contributed by atoms with Crippen molar-refractivity contribution in [2.75, 3.05) is 33.0 Å². The molecule has 0 fully saturated rings. The predicted molar refractivity (Wildman–Crippen MR) is 102 cm³/mol. The van der Waals surface area contributed by atoms with Gasteiger partial charge in [-0.25, -0.2) is 0 Å². The molecule has 0 amide bonds. The topological polar surface area (TPSA) is 166 Å². The Labute approximate surface area is 163 Å². The van der Waals surface area contributed by atoms with Gasteiger partial charge in [0.05, 0.1) is 26.4 Å². The molecule has 6 N–H and O–H groups in total. The van der Waals surface area contributed by atoms with Crippen LogP contribution in [0.25, 0.3) is 0 Å². The van der Waals surface area contributed by atoms with Gasteiger partial charge in [-0.2, -0.15) is 8.42 Å². The molecule has 0 aliphatic carbocycles. The summed E-state index contributed by atoms with van der Waals surface area (Å²) in [5, 5.41) is 24.9. The first kappa shape index (κ1) is 31.3. The number of unbranched alkanes of at least 4 members (excludes halogenated alkanes) is 9. The zero-order valence-corrected chi connectivity index (χ0v) is 17.2. The fourth-order valence-corrected chi connectivity index (χ4v) is 1.82. The van der Waals surface area contributed by atoms with Crippen molar-refractivity contribution in [2.24, 2.45) is 0 Å². The van der Waals surface area contributed by atoms with E-state index in [0.29, 0.717) is 6.61 Å². The molecular formula is C16H39NO9S. The van der Waals surface area contributed by atoms with Crippen LogP contribution in [0.3, 0.4) is 0 Å². The lowest BCUT2D eigenvalue weighted by Gasteiger charge is -2.01. The quantitative estimate of drug-likeness (QED) is 0.123. The van der Waals surface area contributed by atoms with Gasteiger partial charge in [0, 0.05) is 6.61 Å². The summed E-state index contributed by atoms with van der Waals surface area (Å²) < 4.78 is 31.6. The lowest BCUT2D eigenvalue weighted by atomic mass is 10.1. The van der Waals surface area contributed by atoms with E-state index in [4.69, 9.17) is 32.8 Å². The fraction of sp³-hybridized carbons (Fsp3) is 1.00. The highest BCUT2D eigenvalue weighted by molar-refractivity contribution is 7.79. The maximum Gasteiger partial charge on any atom is 0.394 e. The third-order valence-electron chi connectivity index (χ3n) is 3.02. The minimum absolute atomic E-state index is 0.0600. The van der Waals surface area contributed by atoms with Gasteiger partial charge in [-0.05, 0) is 6.42 Å². The molecule has 0 heterocycles. The van der Waals surface area contributed by atoms with Crippen molar-refractivity contribution in [3.8, 4) is 0 Å². The summed E-state index contributed by atoms with van der Waals surface area (Å²) in [6.45, 7) is 2.85. The van der Waals surface area contributed by atoms with Gasteiger partial charge < -0.3 is 15.3 Å². The van der Waals surface area contributed by atoms with Gasteiger partial charge >= 0.3 is 10.4 Å². The lowest BCUT2D eigenvalue weighted by molar-refractivity contribution is -0.178. The highest BCUT2D eigenvalue weighted by atomic mass is 32.3. The summed E-state index contributed by atoms with van der Waals surface area (Å²) in [5.41, 5.74) is 2.07. The van der Waals surface area contributed by atoms with Crippen LogP contribution in [-0.4, -0.2) is 65.9 Å². The Kier molecular flexibility index (Phi) is 32.3. The van der Waals surface area contributed by atoms with E-state index in [-0.39, 0.29) is 26.4 Å². The first-order chi connectivity index (χ1) is 12.8. The molecule has 10 nitrogen and oxygen atoms in total. The largest absolute Gasteiger partial charge is 0.396 e. The SMILES string of the molecule is CCCCCCCCCCCCO.O=S(=O)(O)O.OCCONOCCO. The van der Waals surface area contributed by atoms with Crippen LogP contribution in [0.4, 0.5) is 0 Å². The molecule has 0 aromatic rings. The van der Waals surface area contributed by atoms with E-state index in [1.54, 1.807) is 0 Å². The second-order valence-electron chi connectivity index (χ2n) is 5.58. The van der Waals surface area contributed by atoms with E-state index in [2.05, 4.69) is 22.2 Å². The van der Waals surface area contributed by atoms with Crippen LogP contribution in [-0.2, 0) is 20.1 Å². The molecular weight excluding hydrogens is 382 g/mol. The van der Waals surface area contributed by atoms with Crippen LogP contribution in [0.1, 0.15) is 71.1 Å². The number of nitrogens with one attached hydrogen (secondary N) is 1. The Morgan fingerprint density at radius 2 is 1.00 bits per heavy atom. The number of aliphatic hydroxyl groups excluding tert-OH is 3. The van der Waals surface area contributed by atoms with Crippen LogP contribution in [0.5, 0.6) is 0 Å². The summed E-state index contributed by atoms with van der Waals surface area (Å²) in [7, 11) is -4.67. The molecule has 0 saturated heterocycles. The van der Waals surface area contributed by atoms with E-state index in [1.807, 2.05) is 0 Å². The summed E-state index contributed by atoms with van der Waals surface area (Å²) >= 11 is 0. The summed E-state index contributed by atoms with van der Waals surface area (Å²) in [6.07, 6.45) is 13.3. The molecule has 0 radical (unpaired) electrons. The second kappa shape index (κ2) is 27.8. The van der Waals surface area contributed by atoms with E-state index in [1.165, 1.54) is 57.8 Å². The minimum Gasteiger partial charge on any atom is -0.396 e. The number of rotatable bonds is 16. The lowest BCUT2D eigenvalue weighted by Crippen LogP contribution is -2.19. The van der Waals surface area contributed by atoms with Crippen molar-refractivity contribution in [3.63, 3.8) is 0 Å². The maximum absolute atomic E-state index is 8.74. The fourth-order valence-electron chi connectivity index (χ4n) is 1.82. The standard InChI is InChI=1S/C12H26O.C4H11NO4.H2O4S/c1-2-3-4-5-6-7-8-9-10-11-12-13;6-1-3-8-5-9-4-2-7;1-5(2,3)4/h13H,2-12H2,1H3;5-7H,1-4H2;(H2,1,2,3,4). The predicted octanol–water partition coefficient (Wildman–Crippen LogP) is 1.67. The molecule has 0 bridgehead atoms. The Morgan fingerprint density at radius 1 is 0.667 bits per heavy atom. The monoisotopic (exact) mass is 421 g/mol. The third-order valence-corrected chi connectivity index (χ3v) is 3.02. The molecule has 0 aliphatic heterocycles. The molecule has 27 heavy (non-hydrogen) atoms. The van der Waals surface area contributed by atoms with Crippen molar-refractivity contribution in [2.45, 2.75) is 71.1 Å². The summed E-state index contributed by atoms with van der Waals surface area (Å²) in [6, 6.07) is 0. The molecule has 0 aromatic heterocycles. The molecule has 0 unspecified atom stereocenters. The van der Waals surface area contributed by atoms with Gasteiger partial charge in [0.2, 0.25) is 0 Å². The van der Waals surface area contributed by atoms with E-state index >= 15 is 0 Å². The summed E-state index contributed by atoms with van der Waals surface area (Å²) in [4.78, 5) is 8.90. The smallest absolute Gasteiger partial charge is 0.394 e. The molecule has 0 saturated carbocycles. The Balaban J connectivity index is -0.000000356. The molecule has 0 atom stereocenters. The van der Waals surface area contributed by atoms with Gasteiger partial charge in [-0.15, -0.1) is 0 Å². The van der Waals surface area contributed by atoms with Gasteiger partial charge in [0.1, 0.15) is 0 Å². The van der Waals surface area contributed by atoms with E-state index in [9.17, 15) is 0 Å². The van der Waals surface area contributed by atoms with E-state index in [0.717, 1.165) is 6.42 Å². The molecule has 0 rings (SSSR count). The first-order valence-electron chi connectivity index (χ1n) is 9.34. The summed E-state index contributed by atoms with van der Waals surface area (Å²) in [5.74, 6) is 0. The Bertz CT molecular complexity index is 319. The van der Waals surface area contributed by atoms with E-state index < -0.39 is 10.4 Å². The van der Waals surface area contributed by atoms with Gasteiger partial charge in [0.25, 0.3) is 0 Å². The van der Waals surface area contributed by atoms with Crippen molar-refractivity contribution in [1.29, 1.82) is 0 Å². The zero-order valence-electron chi connectivity index (χ0n) is 16.4. The maximum atomic E-state index is 8.74. The molecule has 0 spiro atoms.